The third-order valence-corrected chi connectivity index (χ3v) is 3.56. The largest absolute Gasteiger partial charge is 0.333 e. The van der Waals surface area contributed by atoms with E-state index in [-0.39, 0.29) is 5.56 Å². The molecule has 3 rings (SSSR count). The molecule has 0 atom stereocenters. The molecule has 0 bridgehead atoms. The first-order valence-electron chi connectivity index (χ1n) is 6.12. The van der Waals surface area contributed by atoms with Crippen molar-refractivity contribution in [2.45, 2.75) is 0 Å². The van der Waals surface area contributed by atoms with Gasteiger partial charge in [-0.25, -0.2) is 9.69 Å². The number of hydrogen-bond acceptors (Lipinski definition) is 3. The van der Waals surface area contributed by atoms with Crippen molar-refractivity contribution in [3.63, 3.8) is 0 Å². The SMILES string of the molecule is O=C1C(=O)N(C(=O)Nc2ccccc2)c2ccc(Br)cc21. The van der Waals surface area contributed by atoms with Gasteiger partial charge in [0, 0.05) is 10.2 Å². The highest BCUT2D eigenvalue weighted by molar-refractivity contribution is 9.10. The molecule has 6 heteroatoms. The second-order valence-corrected chi connectivity index (χ2v) is 5.34. The molecule has 1 aliphatic heterocycles. The lowest BCUT2D eigenvalue weighted by Gasteiger charge is -2.15. The molecule has 0 aromatic heterocycles. The number of fused-ring (bicyclic) bond motifs is 1. The number of benzene rings is 2. The molecule has 0 saturated carbocycles. The average molecular weight is 345 g/mol. The van der Waals surface area contributed by atoms with Crippen molar-refractivity contribution in [2.24, 2.45) is 0 Å². The first-order chi connectivity index (χ1) is 10.1. The molecule has 3 amide bonds. The second kappa shape index (κ2) is 5.14. The number of rotatable bonds is 1. The van der Waals surface area contributed by atoms with E-state index in [2.05, 4.69) is 21.2 Å². The fraction of sp³-hybridized carbons (Fsp3) is 0. The molecule has 2 aromatic rings. The van der Waals surface area contributed by atoms with Gasteiger partial charge in [0.25, 0.3) is 5.78 Å². The van der Waals surface area contributed by atoms with Crippen molar-refractivity contribution in [1.82, 2.24) is 0 Å². The van der Waals surface area contributed by atoms with Crippen LogP contribution in [0, 0.1) is 0 Å². The number of urea groups is 1. The molecule has 0 aliphatic carbocycles. The number of Topliss-reactive ketones (excluding diaryl/α,β-unsaturated/α-hetero) is 1. The van der Waals surface area contributed by atoms with Crippen LogP contribution in [0.25, 0.3) is 0 Å². The van der Waals surface area contributed by atoms with Crippen molar-refractivity contribution in [3.8, 4) is 0 Å². The number of ketones is 1. The normalized spacial score (nSPS) is 13.3. The minimum Gasteiger partial charge on any atom is -0.307 e. The molecular formula is C15H9BrN2O3. The van der Waals surface area contributed by atoms with Crippen molar-refractivity contribution in [3.05, 3.63) is 58.6 Å². The van der Waals surface area contributed by atoms with E-state index < -0.39 is 17.7 Å². The number of anilines is 2. The Hall–Kier alpha value is -2.47. The van der Waals surface area contributed by atoms with E-state index in [0.29, 0.717) is 15.8 Å². The lowest BCUT2D eigenvalue weighted by molar-refractivity contribution is -0.113. The van der Waals surface area contributed by atoms with Gasteiger partial charge < -0.3 is 5.32 Å². The van der Waals surface area contributed by atoms with Crippen LogP contribution < -0.4 is 10.2 Å². The number of hydrogen-bond donors (Lipinski definition) is 1. The summed E-state index contributed by atoms with van der Waals surface area (Å²) >= 11 is 3.24. The van der Waals surface area contributed by atoms with Gasteiger partial charge in [-0.3, -0.25) is 9.59 Å². The van der Waals surface area contributed by atoms with Gasteiger partial charge in [0.2, 0.25) is 0 Å². The maximum absolute atomic E-state index is 12.2. The van der Waals surface area contributed by atoms with Gasteiger partial charge in [0.15, 0.2) is 0 Å². The minimum absolute atomic E-state index is 0.220. The Balaban J connectivity index is 1.94. The number of amides is 3. The van der Waals surface area contributed by atoms with Crippen LogP contribution in [0.2, 0.25) is 0 Å². The smallest absolute Gasteiger partial charge is 0.307 e. The molecule has 0 radical (unpaired) electrons. The third kappa shape index (κ3) is 2.34. The highest BCUT2D eigenvalue weighted by Gasteiger charge is 2.39. The first-order valence-corrected chi connectivity index (χ1v) is 6.91. The van der Waals surface area contributed by atoms with Crippen LogP contribution in [0.1, 0.15) is 10.4 Å². The maximum Gasteiger partial charge on any atom is 0.333 e. The van der Waals surface area contributed by atoms with E-state index in [1.54, 1.807) is 36.4 Å². The summed E-state index contributed by atoms with van der Waals surface area (Å²) in [5, 5.41) is 2.59. The molecule has 0 fully saturated rings. The predicted molar refractivity (Wildman–Crippen MR) is 81.4 cm³/mol. The summed E-state index contributed by atoms with van der Waals surface area (Å²) in [5.74, 6) is -1.54. The predicted octanol–water partition coefficient (Wildman–Crippen LogP) is 3.21. The Morgan fingerprint density at radius 2 is 1.76 bits per heavy atom. The Morgan fingerprint density at radius 1 is 1.05 bits per heavy atom. The lowest BCUT2D eigenvalue weighted by Crippen LogP contribution is -2.39. The molecule has 21 heavy (non-hydrogen) atoms. The number of nitrogens with zero attached hydrogens (tertiary/aromatic N) is 1. The molecule has 0 spiro atoms. The summed E-state index contributed by atoms with van der Waals surface area (Å²) in [7, 11) is 0. The van der Waals surface area contributed by atoms with E-state index in [1.807, 2.05) is 6.07 Å². The van der Waals surface area contributed by atoms with Crippen LogP contribution in [0.15, 0.2) is 53.0 Å². The zero-order valence-corrected chi connectivity index (χ0v) is 12.3. The molecule has 1 heterocycles. The van der Waals surface area contributed by atoms with Gasteiger partial charge in [-0.2, -0.15) is 0 Å². The lowest BCUT2D eigenvalue weighted by atomic mass is 10.1. The van der Waals surface area contributed by atoms with Crippen molar-refractivity contribution >= 4 is 45.0 Å². The Bertz CT molecular complexity index is 759. The fourth-order valence-electron chi connectivity index (χ4n) is 2.11. The Kier molecular flexibility index (Phi) is 3.31. The summed E-state index contributed by atoms with van der Waals surface area (Å²) in [5.41, 5.74) is 1.06. The quantitative estimate of drug-likeness (QED) is 0.807. The molecule has 104 valence electrons. The topological polar surface area (TPSA) is 66.5 Å². The fourth-order valence-corrected chi connectivity index (χ4v) is 2.47. The number of halogens is 1. The average Bonchev–Trinajstić information content (AvgIpc) is 2.72. The van der Waals surface area contributed by atoms with E-state index in [1.165, 1.54) is 6.07 Å². The summed E-state index contributed by atoms with van der Waals surface area (Å²) < 4.78 is 0.674. The van der Waals surface area contributed by atoms with Crippen LogP contribution in [-0.2, 0) is 4.79 Å². The summed E-state index contributed by atoms with van der Waals surface area (Å²) in [6.45, 7) is 0. The van der Waals surface area contributed by atoms with Crippen LogP contribution in [0.4, 0.5) is 16.2 Å². The van der Waals surface area contributed by atoms with E-state index in [4.69, 9.17) is 0 Å². The van der Waals surface area contributed by atoms with E-state index in [9.17, 15) is 14.4 Å². The minimum atomic E-state index is -0.850. The summed E-state index contributed by atoms with van der Waals surface area (Å²) in [6, 6.07) is 12.8. The zero-order valence-electron chi connectivity index (χ0n) is 10.7. The van der Waals surface area contributed by atoms with Crippen molar-refractivity contribution in [1.29, 1.82) is 0 Å². The number of nitrogens with one attached hydrogen (secondary N) is 1. The molecule has 1 N–H and O–H groups in total. The van der Waals surface area contributed by atoms with Gasteiger partial charge >= 0.3 is 11.9 Å². The molecule has 2 aromatic carbocycles. The number of imide groups is 1. The van der Waals surface area contributed by atoms with Gasteiger partial charge in [-0.1, -0.05) is 34.1 Å². The van der Waals surface area contributed by atoms with Crippen LogP contribution >= 0.6 is 15.9 Å². The van der Waals surface area contributed by atoms with Gasteiger partial charge in [0.05, 0.1) is 11.3 Å². The van der Waals surface area contributed by atoms with E-state index >= 15 is 0 Å². The molecule has 1 aliphatic rings. The van der Waals surface area contributed by atoms with Gasteiger partial charge in [-0.15, -0.1) is 0 Å². The van der Waals surface area contributed by atoms with Gasteiger partial charge in [-0.05, 0) is 30.3 Å². The number of para-hydroxylation sites is 1. The highest BCUT2D eigenvalue weighted by Crippen LogP contribution is 2.31. The van der Waals surface area contributed by atoms with E-state index in [0.717, 1.165) is 4.90 Å². The number of carbonyl (C=O) groups excluding carboxylic acids is 3. The van der Waals surface area contributed by atoms with Crippen molar-refractivity contribution in [2.75, 3.05) is 10.2 Å². The Morgan fingerprint density at radius 3 is 2.48 bits per heavy atom. The Labute approximate surface area is 128 Å². The number of carbonyl (C=O) groups is 3. The van der Waals surface area contributed by atoms with Crippen LogP contribution in [0.3, 0.4) is 0 Å². The maximum atomic E-state index is 12.2. The zero-order chi connectivity index (χ0) is 15.0. The van der Waals surface area contributed by atoms with Crippen molar-refractivity contribution < 1.29 is 14.4 Å². The van der Waals surface area contributed by atoms with Gasteiger partial charge in [0.1, 0.15) is 0 Å². The third-order valence-electron chi connectivity index (χ3n) is 3.07. The summed E-state index contributed by atoms with van der Waals surface area (Å²) in [4.78, 5) is 37.0. The molecule has 0 saturated heterocycles. The standard InChI is InChI=1S/C15H9BrN2O3/c16-9-6-7-12-11(8-9)13(19)14(20)18(12)15(21)17-10-4-2-1-3-5-10/h1-8H,(H,17,21). The monoisotopic (exact) mass is 344 g/mol. The highest BCUT2D eigenvalue weighted by atomic mass is 79.9. The second-order valence-electron chi connectivity index (χ2n) is 4.43. The molecule has 0 unspecified atom stereocenters. The van der Waals surface area contributed by atoms with Crippen LogP contribution in [-0.4, -0.2) is 17.7 Å². The summed E-state index contributed by atoms with van der Waals surface area (Å²) in [6.07, 6.45) is 0. The molecular weight excluding hydrogens is 336 g/mol. The van der Waals surface area contributed by atoms with Crippen LogP contribution in [0.5, 0.6) is 0 Å². The molecule has 5 nitrogen and oxygen atoms in total. The first kappa shape index (κ1) is 13.5.